The van der Waals surface area contributed by atoms with Gasteiger partial charge in [-0.2, -0.15) is 4.98 Å². The summed E-state index contributed by atoms with van der Waals surface area (Å²) in [5.41, 5.74) is 5.44. The largest absolute Gasteiger partial charge is 0.369 e. The molecule has 1 saturated heterocycles. The van der Waals surface area contributed by atoms with Crippen molar-refractivity contribution in [2.75, 3.05) is 23.3 Å². The van der Waals surface area contributed by atoms with E-state index >= 15 is 0 Å². The number of hydrogen-bond acceptors (Lipinski definition) is 5. The molecule has 1 aromatic heterocycles. The Balaban J connectivity index is 2.13. The second-order valence-electron chi connectivity index (χ2n) is 5.34. The second kappa shape index (κ2) is 6.54. The highest BCUT2D eigenvalue weighted by Crippen LogP contribution is 2.26. The van der Waals surface area contributed by atoms with Crippen LogP contribution in [0, 0.1) is 5.92 Å². The zero-order valence-electron chi connectivity index (χ0n) is 12.2. The Hall–Kier alpha value is -1.85. The zero-order valence-corrected chi connectivity index (χ0v) is 12.2. The lowest BCUT2D eigenvalue weighted by Crippen LogP contribution is -2.46. The Kier molecular flexibility index (Phi) is 4.76. The van der Waals surface area contributed by atoms with Crippen molar-refractivity contribution >= 4 is 17.7 Å². The van der Waals surface area contributed by atoms with Crippen molar-refractivity contribution in [2.24, 2.45) is 11.7 Å². The molecule has 2 heterocycles. The van der Waals surface area contributed by atoms with Crippen LogP contribution in [0.25, 0.3) is 0 Å². The highest BCUT2D eigenvalue weighted by atomic mass is 16.1. The van der Waals surface area contributed by atoms with Gasteiger partial charge in [0, 0.05) is 25.3 Å². The lowest BCUT2D eigenvalue weighted by atomic mass is 9.93. The second-order valence-corrected chi connectivity index (χ2v) is 5.34. The first-order valence-electron chi connectivity index (χ1n) is 7.24. The molecule has 0 saturated carbocycles. The van der Waals surface area contributed by atoms with Gasteiger partial charge < -0.3 is 16.0 Å². The summed E-state index contributed by atoms with van der Waals surface area (Å²) in [5, 5.41) is 3.18. The Morgan fingerprint density at radius 2 is 2.35 bits per heavy atom. The number of nitrogens with one attached hydrogen (secondary N) is 1. The number of piperidine rings is 1. The van der Waals surface area contributed by atoms with Crippen LogP contribution in [0.1, 0.15) is 33.1 Å². The number of anilines is 2. The molecule has 2 atom stereocenters. The van der Waals surface area contributed by atoms with Crippen molar-refractivity contribution in [1.82, 2.24) is 9.97 Å². The van der Waals surface area contributed by atoms with Crippen molar-refractivity contribution in [2.45, 2.75) is 39.2 Å². The number of carbonyl (C=O) groups excluding carboxylic acids is 1. The van der Waals surface area contributed by atoms with Gasteiger partial charge in [-0.25, -0.2) is 4.98 Å². The average molecular weight is 277 g/mol. The SMILES string of the molecule is CCCNc1nccc(N2CC(C(N)=O)CCC2C)n1. The maximum Gasteiger partial charge on any atom is 0.224 e. The summed E-state index contributed by atoms with van der Waals surface area (Å²) in [6.45, 7) is 5.74. The molecule has 110 valence electrons. The normalized spacial score (nSPS) is 22.6. The maximum atomic E-state index is 11.4. The topological polar surface area (TPSA) is 84.1 Å². The minimum absolute atomic E-state index is 0.0896. The van der Waals surface area contributed by atoms with E-state index in [1.54, 1.807) is 6.20 Å². The van der Waals surface area contributed by atoms with Gasteiger partial charge in [0.2, 0.25) is 11.9 Å². The van der Waals surface area contributed by atoms with Crippen LogP contribution in [0.4, 0.5) is 11.8 Å². The van der Waals surface area contributed by atoms with Crippen LogP contribution >= 0.6 is 0 Å². The lowest BCUT2D eigenvalue weighted by Gasteiger charge is -2.37. The molecule has 2 rings (SSSR count). The Morgan fingerprint density at radius 3 is 3.05 bits per heavy atom. The fourth-order valence-electron chi connectivity index (χ4n) is 2.49. The summed E-state index contributed by atoms with van der Waals surface area (Å²) in [5.74, 6) is 1.18. The first-order valence-corrected chi connectivity index (χ1v) is 7.24. The molecule has 3 N–H and O–H groups in total. The van der Waals surface area contributed by atoms with Gasteiger partial charge in [-0.3, -0.25) is 4.79 Å². The molecule has 1 amide bonds. The first kappa shape index (κ1) is 14.6. The quantitative estimate of drug-likeness (QED) is 0.849. The van der Waals surface area contributed by atoms with Gasteiger partial charge in [0.15, 0.2) is 0 Å². The molecule has 1 aliphatic heterocycles. The molecule has 0 bridgehead atoms. The summed E-state index contributed by atoms with van der Waals surface area (Å²) in [7, 11) is 0. The van der Waals surface area contributed by atoms with Crippen LogP contribution in [0.5, 0.6) is 0 Å². The van der Waals surface area contributed by atoms with Gasteiger partial charge in [0.1, 0.15) is 5.82 Å². The van der Waals surface area contributed by atoms with Crippen molar-refractivity contribution < 1.29 is 4.79 Å². The summed E-state index contributed by atoms with van der Waals surface area (Å²) >= 11 is 0. The molecule has 1 aromatic rings. The van der Waals surface area contributed by atoms with E-state index < -0.39 is 0 Å². The molecular weight excluding hydrogens is 254 g/mol. The summed E-state index contributed by atoms with van der Waals surface area (Å²) in [6.07, 6.45) is 4.59. The van der Waals surface area contributed by atoms with Crippen molar-refractivity contribution in [3.05, 3.63) is 12.3 Å². The fourth-order valence-corrected chi connectivity index (χ4v) is 2.49. The number of primary amides is 1. The van der Waals surface area contributed by atoms with Gasteiger partial charge >= 0.3 is 0 Å². The van der Waals surface area contributed by atoms with Gasteiger partial charge in [0.05, 0.1) is 5.92 Å². The smallest absolute Gasteiger partial charge is 0.224 e. The van der Waals surface area contributed by atoms with Crippen LogP contribution in [-0.2, 0) is 4.79 Å². The molecule has 2 unspecified atom stereocenters. The van der Waals surface area contributed by atoms with Gasteiger partial charge in [-0.15, -0.1) is 0 Å². The summed E-state index contributed by atoms with van der Waals surface area (Å²) < 4.78 is 0. The van der Waals surface area contributed by atoms with Crippen LogP contribution in [0.3, 0.4) is 0 Å². The van der Waals surface area contributed by atoms with E-state index in [2.05, 4.69) is 34.0 Å². The predicted molar refractivity (Wildman–Crippen MR) is 79.5 cm³/mol. The van der Waals surface area contributed by atoms with E-state index in [9.17, 15) is 4.79 Å². The molecule has 0 spiro atoms. The summed E-state index contributed by atoms with van der Waals surface area (Å²) in [6, 6.07) is 2.25. The summed E-state index contributed by atoms with van der Waals surface area (Å²) in [4.78, 5) is 22.3. The molecule has 6 heteroatoms. The third-order valence-electron chi connectivity index (χ3n) is 3.75. The molecule has 0 aliphatic carbocycles. The number of carbonyl (C=O) groups is 1. The van der Waals surface area contributed by atoms with Crippen molar-refractivity contribution in [3.8, 4) is 0 Å². The molecule has 1 aliphatic rings. The number of amides is 1. The minimum Gasteiger partial charge on any atom is -0.369 e. The Bertz CT molecular complexity index is 465. The average Bonchev–Trinajstić information content (AvgIpc) is 2.45. The van der Waals surface area contributed by atoms with E-state index in [1.807, 2.05) is 6.07 Å². The number of nitrogens with zero attached hydrogens (tertiary/aromatic N) is 3. The minimum atomic E-state index is -0.222. The molecular formula is C14H23N5O. The van der Waals surface area contributed by atoms with Crippen LogP contribution in [0.15, 0.2) is 12.3 Å². The number of rotatable bonds is 5. The zero-order chi connectivity index (χ0) is 14.5. The van der Waals surface area contributed by atoms with E-state index in [1.165, 1.54) is 0 Å². The third kappa shape index (κ3) is 3.37. The molecule has 0 aromatic carbocycles. The van der Waals surface area contributed by atoms with Gasteiger partial charge in [-0.1, -0.05) is 6.92 Å². The van der Waals surface area contributed by atoms with Crippen LogP contribution in [0.2, 0.25) is 0 Å². The monoisotopic (exact) mass is 277 g/mol. The molecule has 20 heavy (non-hydrogen) atoms. The van der Waals surface area contributed by atoms with E-state index in [0.717, 1.165) is 31.6 Å². The van der Waals surface area contributed by atoms with Gasteiger partial charge in [0.25, 0.3) is 0 Å². The predicted octanol–water partition coefficient (Wildman–Crippen LogP) is 1.39. The number of hydrogen-bond donors (Lipinski definition) is 2. The number of nitrogens with two attached hydrogens (primary N) is 1. The van der Waals surface area contributed by atoms with Crippen LogP contribution < -0.4 is 16.0 Å². The lowest BCUT2D eigenvalue weighted by molar-refractivity contribution is -0.122. The van der Waals surface area contributed by atoms with Crippen molar-refractivity contribution in [1.29, 1.82) is 0 Å². The fraction of sp³-hybridized carbons (Fsp3) is 0.643. The highest BCUT2D eigenvalue weighted by molar-refractivity contribution is 5.77. The molecule has 0 radical (unpaired) electrons. The third-order valence-corrected chi connectivity index (χ3v) is 3.75. The standard InChI is InChI=1S/C14H23N5O/c1-3-7-16-14-17-8-6-12(18-14)19-9-11(13(15)20)5-4-10(19)2/h6,8,10-11H,3-5,7,9H2,1-2H3,(H2,15,20)(H,16,17,18). The van der Waals surface area contributed by atoms with E-state index in [4.69, 9.17) is 5.73 Å². The number of aromatic nitrogens is 2. The highest BCUT2D eigenvalue weighted by Gasteiger charge is 2.29. The molecule has 1 fully saturated rings. The van der Waals surface area contributed by atoms with E-state index in [-0.39, 0.29) is 11.8 Å². The van der Waals surface area contributed by atoms with Crippen molar-refractivity contribution in [3.63, 3.8) is 0 Å². The maximum absolute atomic E-state index is 11.4. The Labute approximate surface area is 119 Å². The Morgan fingerprint density at radius 1 is 1.55 bits per heavy atom. The van der Waals surface area contributed by atoms with Gasteiger partial charge in [-0.05, 0) is 32.3 Å². The van der Waals surface area contributed by atoms with Crippen LogP contribution in [-0.4, -0.2) is 35.0 Å². The first-order chi connectivity index (χ1) is 9.61. The van der Waals surface area contributed by atoms with E-state index in [0.29, 0.717) is 18.5 Å². The molecule has 6 nitrogen and oxygen atoms in total.